The molecule has 0 bridgehead atoms. The lowest BCUT2D eigenvalue weighted by Gasteiger charge is -2.06. The second-order valence-corrected chi connectivity index (χ2v) is 5.34. The van der Waals surface area contributed by atoms with Gasteiger partial charge in [0.15, 0.2) is 5.78 Å². The van der Waals surface area contributed by atoms with Crippen molar-refractivity contribution >= 4 is 11.6 Å². The summed E-state index contributed by atoms with van der Waals surface area (Å²) < 4.78 is 5.13. The normalized spacial score (nSPS) is 12.7. The summed E-state index contributed by atoms with van der Waals surface area (Å²) in [5, 5.41) is 0. The van der Waals surface area contributed by atoms with Crippen LogP contribution in [0.25, 0.3) is 0 Å². The van der Waals surface area contributed by atoms with Crippen molar-refractivity contribution < 1.29 is 9.53 Å². The third-order valence-corrected chi connectivity index (χ3v) is 3.93. The number of aliphatic imine (C=N–C) groups is 1. The van der Waals surface area contributed by atoms with Crippen LogP contribution in [0.5, 0.6) is 5.75 Å². The van der Waals surface area contributed by atoms with Crippen molar-refractivity contribution in [2.24, 2.45) is 10.7 Å². The Morgan fingerprint density at radius 3 is 2.73 bits per heavy atom. The molecule has 0 aliphatic carbocycles. The van der Waals surface area contributed by atoms with E-state index < -0.39 is 0 Å². The number of amidine groups is 1. The van der Waals surface area contributed by atoms with Crippen molar-refractivity contribution in [3.8, 4) is 5.75 Å². The molecule has 4 heteroatoms. The predicted molar refractivity (Wildman–Crippen MR) is 86.5 cm³/mol. The second kappa shape index (κ2) is 6.02. The zero-order valence-corrected chi connectivity index (χ0v) is 12.5. The number of nitrogens with two attached hydrogens (primary N) is 1. The van der Waals surface area contributed by atoms with E-state index in [9.17, 15) is 4.79 Å². The number of methoxy groups -OCH3 is 1. The number of nitrogens with zero attached hydrogens (tertiary/aromatic N) is 1. The summed E-state index contributed by atoms with van der Waals surface area (Å²) in [5.41, 5.74) is 9.64. The van der Waals surface area contributed by atoms with E-state index in [0.29, 0.717) is 30.8 Å². The molecule has 2 N–H and O–H groups in total. The van der Waals surface area contributed by atoms with Gasteiger partial charge in [0.05, 0.1) is 13.7 Å². The zero-order valence-electron chi connectivity index (χ0n) is 12.5. The fraction of sp³-hybridized carbons (Fsp3) is 0.222. The maximum absolute atomic E-state index is 12.3. The molecule has 1 aliphatic rings. The van der Waals surface area contributed by atoms with Gasteiger partial charge in [-0.1, -0.05) is 24.3 Å². The molecule has 0 atom stereocenters. The minimum Gasteiger partial charge on any atom is -0.497 e. The van der Waals surface area contributed by atoms with E-state index in [1.54, 1.807) is 7.11 Å². The third-order valence-electron chi connectivity index (χ3n) is 3.93. The van der Waals surface area contributed by atoms with E-state index in [0.717, 1.165) is 22.4 Å². The quantitative estimate of drug-likeness (QED) is 0.862. The SMILES string of the molecule is COc1ccc(CCC(=O)c2ccc3c(c2)C(N)=NC3)cc1. The van der Waals surface area contributed by atoms with Crippen molar-refractivity contribution in [1.29, 1.82) is 0 Å². The first kappa shape index (κ1) is 14.3. The Bertz CT molecular complexity index is 733. The van der Waals surface area contributed by atoms with Crippen LogP contribution >= 0.6 is 0 Å². The molecule has 0 amide bonds. The summed E-state index contributed by atoms with van der Waals surface area (Å²) in [6.07, 6.45) is 1.19. The number of fused-ring (bicyclic) bond motifs is 1. The average molecular weight is 294 g/mol. The number of carbonyl (C=O) groups is 1. The molecule has 22 heavy (non-hydrogen) atoms. The van der Waals surface area contributed by atoms with Crippen LogP contribution in [0.2, 0.25) is 0 Å². The molecule has 3 rings (SSSR count). The molecule has 0 fully saturated rings. The highest BCUT2D eigenvalue weighted by Gasteiger charge is 2.15. The summed E-state index contributed by atoms with van der Waals surface area (Å²) in [5.74, 6) is 1.47. The van der Waals surface area contributed by atoms with Crippen molar-refractivity contribution in [2.45, 2.75) is 19.4 Å². The molecule has 0 radical (unpaired) electrons. The van der Waals surface area contributed by atoms with Crippen molar-refractivity contribution in [3.63, 3.8) is 0 Å². The highest BCUT2D eigenvalue weighted by atomic mass is 16.5. The first-order valence-corrected chi connectivity index (χ1v) is 7.27. The molecule has 1 aliphatic heterocycles. The lowest BCUT2D eigenvalue weighted by Crippen LogP contribution is -2.12. The molecule has 1 heterocycles. The van der Waals surface area contributed by atoms with Crippen LogP contribution in [-0.4, -0.2) is 18.7 Å². The highest BCUT2D eigenvalue weighted by molar-refractivity contribution is 6.04. The van der Waals surface area contributed by atoms with Gasteiger partial charge in [0, 0.05) is 17.5 Å². The average Bonchev–Trinajstić information content (AvgIpc) is 2.94. The van der Waals surface area contributed by atoms with Crippen LogP contribution in [-0.2, 0) is 13.0 Å². The van der Waals surface area contributed by atoms with Gasteiger partial charge in [-0.05, 0) is 35.7 Å². The lowest BCUT2D eigenvalue weighted by atomic mass is 9.99. The zero-order chi connectivity index (χ0) is 15.5. The largest absolute Gasteiger partial charge is 0.497 e. The number of benzene rings is 2. The van der Waals surface area contributed by atoms with Gasteiger partial charge < -0.3 is 10.5 Å². The Morgan fingerprint density at radius 1 is 1.23 bits per heavy atom. The van der Waals surface area contributed by atoms with Crippen LogP contribution in [0.15, 0.2) is 47.5 Å². The summed E-state index contributed by atoms with van der Waals surface area (Å²) in [6.45, 7) is 0.613. The van der Waals surface area contributed by atoms with Crippen molar-refractivity contribution in [1.82, 2.24) is 0 Å². The van der Waals surface area contributed by atoms with Gasteiger partial charge in [-0.3, -0.25) is 9.79 Å². The number of hydrogen-bond donors (Lipinski definition) is 1. The molecule has 0 saturated carbocycles. The van der Waals surface area contributed by atoms with Crippen molar-refractivity contribution in [3.05, 3.63) is 64.7 Å². The van der Waals surface area contributed by atoms with Gasteiger partial charge in [0.1, 0.15) is 11.6 Å². The smallest absolute Gasteiger partial charge is 0.163 e. The van der Waals surface area contributed by atoms with Gasteiger partial charge in [-0.15, -0.1) is 0 Å². The summed E-state index contributed by atoms with van der Waals surface area (Å²) >= 11 is 0. The number of ether oxygens (including phenoxy) is 1. The number of carbonyl (C=O) groups excluding carboxylic acids is 1. The van der Waals surface area contributed by atoms with Crippen molar-refractivity contribution in [2.75, 3.05) is 7.11 Å². The van der Waals surface area contributed by atoms with E-state index in [1.807, 2.05) is 42.5 Å². The van der Waals surface area contributed by atoms with Crippen LogP contribution in [0.1, 0.15) is 33.5 Å². The van der Waals surface area contributed by atoms with E-state index in [2.05, 4.69) is 4.99 Å². The second-order valence-electron chi connectivity index (χ2n) is 5.34. The van der Waals surface area contributed by atoms with Crippen LogP contribution in [0.4, 0.5) is 0 Å². The molecule has 0 unspecified atom stereocenters. The van der Waals surface area contributed by atoms with Gasteiger partial charge in [0.2, 0.25) is 0 Å². The number of aryl methyl sites for hydroxylation is 1. The molecule has 0 aromatic heterocycles. The Labute approximate surface area is 129 Å². The lowest BCUT2D eigenvalue weighted by molar-refractivity contribution is 0.0983. The van der Waals surface area contributed by atoms with E-state index in [4.69, 9.17) is 10.5 Å². The molecule has 2 aromatic carbocycles. The minimum absolute atomic E-state index is 0.123. The Morgan fingerprint density at radius 2 is 2.00 bits per heavy atom. The maximum Gasteiger partial charge on any atom is 0.163 e. The Balaban J connectivity index is 1.67. The maximum atomic E-state index is 12.3. The molecular formula is C18H18N2O2. The predicted octanol–water partition coefficient (Wildman–Crippen LogP) is 2.73. The van der Waals surface area contributed by atoms with E-state index >= 15 is 0 Å². The molecule has 112 valence electrons. The fourth-order valence-corrected chi connectivity index (χ4v) is 2.58. The van der Waals surface area contributed by atoms with E-state index in [-0.39, 0.29) is 5.78 Å². The van der Waals surface area contributed by atoms with Crippen LogP contribution in [0, 0.1) is 0 Å². The summed E-state index contributed by atoms with van der Waals surface area (Å²) in [7, 11) is 1.64. The molecule has 2 aromatic rings. The van der Waals surface area contributed by atoms with Gasteiger partial charge in [-0.2, -0.15) is 0 Å². The Kier molecular flexibility index (Phi) is 3.92. The minimum atomic E-state index is 0.123. The Hall–Kier alpha value is -2.62. The number of Topliss-reactive ketones (excluding diaryl/α,β-unsaturated/α-hetero) is 1. The fourth-order valence-electron chi connectivity index (χ4n) is 2.58. The first-order valence-electron chi connectivity index (χ1n) is 7.27. The van der Waals surface area contributed by atoms with Gasteiger partial charge in [-0.25, -0.2) is 0 Å². The summed E-state index contributed by atoms with van der Waals surface area (Å²) in [4.78, 5) is 16.5. The standard InChI is InChI=1S/C18H18N2O2/c1-22-15-7-2-12(3-8-15)4-9-17(21)13-5-6-14-11-20-18(19)16(14)10-13/h2-3,5-8,10H,4,9,11H2,1H3,(H2,19,20). The molecule has 4 nitrogen and oxygen atoms in total. The first-order chi connectivity index (χ1) is 10.7. The van der Waals surface area contributed by atoms with Crippen LogP contribution < -0.4 is 10.5 Å². The highest BCUT2D eigenvalue weighted by Crippen LogP contribution is 2.20. The van der Waals surface area contributed by atoms with E-state index in [1.165, 1.54) is 0 Å². The third kappa shape index (κ3) is 2.86. The molecule has 0 spiro atoms. The summed E-state index contributed by atoms with van der Waals surface area (Å²) in [6, 6.07) is 13.5. The number of ketones is 1. The monoisotopic (exact) mass is 294 g/mol. The van der Waals surface area contributed by atoms with Gasteiger partial charge in [0.25, 0.3) is 0 Å². The molecule has 0 saturated heterocycles. The number of rotatable bonds is 5. The van der Waals surface area contributed by atoms with Gasteiger partial charge >= 0.3 is 0 Å². The van der Waals surface area contributed by atoms with Crippen LogP contribution in [0.3, 0.4) is 0 Å². The number of hydrogen-bond acceptors (Lipinski definition) is 4. The topological polar surface area (TPSA) is 64.7 Å². The molecular weight excluding hydrogens is 276 g/mol.